The van der Waals surface area contributed by atoms with E-state index in [9.17, 15) is 4.79 Å². The van der Waals surface area contributed by atoms with E-state index in [1.807, 2.05) is 12.1 Å². The number of carbonyl (C=O) groups excluding carboxylic acids is 1. The minimum atomic E-state index is -0.234. The van der Waals surface area contributed by atoms with Gasteiger partial charge in [0, 0.05) is 25.5 Å². The van der Waals surface area contributed by atoms with E-state index in [1.165, 1.54) is 19.0 Å². The lowest BCUT2D eigenvalue weighted by Crippen LogP contribution is -2.33. The number of aromatic nitrogens is 4. The highest BCUT2D eigenvalue weighted by Crippen LogP contribution is 2.22. The molecule has 3 aromatic heterocycles. The van der Waals surface area contributed by atoms with Crippen molar-refractivity contribution in [2.24, 2.45) is 5.92 Å². The molecule has 1 fully saturated rings. The van der Waals surface area contributed by atoms with E-state index in [0.717, 1.165) is 24.8 Å². The molecule has 0 bridgehead atoms. The maximum Gasteiger partial charge on any atom is 0.258 e. The summed E-state index contributed by atoms with van der Waals surface area (Å²) in [5, 5.41) is 7.43. The fraction of sp³-hybridized carbons (Fsp3) is 0.333. The van der Waals surface area contributed by atoms with Crippen molar-refractivity contribution in [2.45, 2.75) is 19.8 Å². The molecule has 25 heavy (non-hydrogen) atoms. The Labute approximate surface area is 145 Å². The number of amides is 1. The normalized spacial score (nSPS) is 15.5. The van der Waals surface area contributed by atoms with Gasteiger partial charge in [-0.2, -0.15) is 0 Å². The van der Waals surface area contributed by atoms with Crippen LogP contribution in [0, 0.1) is 5.92 Å². The molecular formula is C18H20N6O. The van der Waals surface area contributed by atoms with Gasteiger partial charge in [-0.25, -0.2) is 9.50 Å². The van der Waals surface area contributed by atoms with E-state index in [0.29, 0.717) is 17.0 Å². The number of rotatable bonds is 3. The quantitative estimate of drug-likeness (QED) is 0.796. The average molecular weight is 336 g/mol. The monoisotopic (exact) mass is 336 g/mol. The predicted octanol–water partition coefficient (Wildman–Crippen LogP) is 2.61. The Morgan fingerprint density at radius 1 is 1.24 bits per heavy atom. The van der Waals surface area contributed by atoms with Gasteiger partial charge < -0.3 is 10.2 Å². The molecule has 128 valence electrons. The smallest absolute Gasteiger partial charge is 0.258 e. The molecule has 0 unspecified atom stereocenters. The minimum Gasteiger partial charge on any atom is -0.355 e. The third-order valence-corrected chi connectivity index (χ3v) is 4.58. The van der Waals surface area contributed by atoms with Crippen molar-refractivity contribution in [3.05, 3.63) is 48.4 Å². The molecule has 0 saturated carbocycles. The fourth-order valence-corrected chi connectivity index (χ4v) is 3.02. The highest BCUT2D eigenvalue weighted by Gasteiger charge is 2.18. The first-order valence-electron chi connectivity index (χ1n) is 8.52. The van der Waals surface area contributed by atoms with Crippen molar-refractivity contribution >= 4 is 23.2 Å². The number of carbonyl (C=O) groups is 1. The summed E-state index contributed by atoms with van der Waals surface area (Å²) in [4.78, 5) is 22.9. The number of imidazole rings is 1. The van der Waals surface area contributed by atoms with Crippen LogP contribution < -0.4 is 10.2 Å². The summed E-state index contributed by atoms with van der Waals surface area (Å²) in [6, 6.07) is 7.36. The number of pyridine rings is 1. The SMILES string of the molecule is CC1CCN(c2ccc3nc(NC(=O)c4cccnc4)cn3n2)CC1. The molecule has 0 aliphatic carbocycles. The molecule has 0 spiro atoms. The number of hydrogen-bond donors (Lipinski definition) is 1. The molecule has 1 saturated heterocycles. The van der Waals surface area contributed by atoms with Crippen LogP contribution in [0.4, 0.5) is 11.6 Å². The van der Waals surface area contributed by atoms with Crippen molar-refractivity contribution in [2.75, 3.05) is 23.3 Å². The van der Waals surface area contributed by atoms with Crippen LogP contribution in [-0.4, -0.2) is 38.6 Å². The Hall–Kier alpha value is -2.96. The van der Waals surface area contributed by atoms with E-state index in [1.54, 1.807) is 29.0 Å². The average Bonchev–Trinajstić information content (AvgIpc) is 3.04. The zero-order valence-electron chi connectivity index (χ0n) is 14.1. The van der Waals surface area contributed by atoms with Crippen molar-refractivity contribution in [1.82, 2.24) is 19.6 Å². The van der Waals surface area contributed by atoms with Crippen LogP contribution >= 0.6 is 0 Å². The first-order valence-corrected chi connectivity index (χ1v) is 8.52. The van der Waals surface area contributed by atoms with Crippen LogP contribution in [-0.2, 0) is 0 Å². The highest BCUT2D eigenvalue weighted by molar-refractivity contribution is 6.03. The first kappa shape index (κ1) is 15.6. The third kappa shape index (κ3) is 3.31. The summed E-state index contributed by atoms with van der Waals surface area (Å²) in [5.41, 5.74) is 1.20. The van der Waals surface area contributed by atoms with Gasteiger partial charge in [0.25, 0.3) is 5.91 Å². The minimum absolute atomic E-state index is 0.234. The molecule has 1 amide bonds. The van der Waals surface area contributed by atoms with Crippen LogP contribution in [0.2, 0.25) is 0 Å². The van der Waals surface area contributed by atoms with Gasteiger partial charge in [-0.15, -0.1) is 5.10 Å². The molecular weight excluding hydrogens is 316 g/mol. The van der Waals surface area contributed by atoms with Crippen molar-refractivity contribution in [1.29, 1.82) is 0 Å². The molecule has 1 aliphatic heterocycles. The van der Waals surface area contributed by atoms with E-state index in [2.05, 4.69) is 32.2 Å². The summed E-state index contributed by atoms with van der Waals surface area (Å²) < 4.78 is 1.71. The maximum atomic E-state index is 12.2. The lowest BCUT2D eigenvalue weighted by molar-refractivity contribution is 0.102. The summed E-state index contributed by atoms with van der Waals surface area (Å²) in [7, 11) is 0. The van der Waals surface area contributed by atoms with Crippen LogP contribution in [0.1, 0.15) is 30.1 Å². The maximum absolute atomic E-state index is 12.2. The van der Waals surface area contributed by atoms with Crippen molar-refractivity contribution in [3.63, 3.8) is 0 Å². The fourth-order valence-electron chi connectivity index (χ4n) is 3.02. The largest absolute Gasteiger partial charge is 0.355 e. The van der Waals surface area contributed by atoms with E-state index < -0.39 is 0 Å². The Morgan fingerprint density at radius 2 is 2.08 bits per heavy atom. The van der Waals surface area contributed by atoms with Gasteiger partial charge in [0.15, 0.2) is 11.5 Å². The number of piperidine rings is 1. The molecule has 0 aromatic carbocycles. The molecule has 3 aromatic rings. The molecule has 7 heteroatoms. The molecule has 4 heterocycles. The number of fused-ring (bicyclic) bond motifs is 1. The molecule has 0 radical (unpaired) electrons. The summed E-state index contributed by atoms with van der Waals surface area (Å²) >= 11 is 0. The Balaban J connectivity index is 1.53. The molecule has 1 N–H and O–H groups in total. The zero-order chi connectivity index (χ0) is 17.2. The Bertz CT molecular complexity index is 883. The van der Waals surface area contributed by atoms with Gasteiger partial charge in [0.1, 0.15) is 5.82 Å². The van der Waals surface area contributed by atoms with Crippen molar-refractivity contribution < 1.29 is 4.79 Å². The second-order valence-corrected chi connectivity index (χ2v) is 6.49. The Morgan fingerprint density at radius 3 is 2.84 bits per heavy atom. The molecule has 7 nitrogen and oxygen atoms in total. The van der Waals surface area contributed by atoms with Crippen LogP contribution in [0.15, 0.2) is 42.9 Å². The van der Waals surface area contributed by atoms with Gasteiger partial charge >= 0.3 is 0 Å². The lowest BCUT2D eigenvalue weighted by Gasteiger charge is -2.30. The lowest BCUT2D eigenvalue weighted by atomic mass is 9.99. The van der Waals surface area contributed by atoms with Crippen LogP contribution in [0.5, 0.6) is 0 Å². The predicted molar refractivity (Wildman–Crippen MR) is 95.8 cm³/mol. The number of anilines is 2. The van der Waals surface area contributed by atoms with E-state index >= 15 is 0 Å². The first-order chi connectivity index (χ1) is 12.2. The second kappa shape index (κ2) is 6.51. The highest BCUT2D eigenvalue weighted by atomic mass is 16.1. The van der Waals surface area contributed by atoms with Gasteiger partial charge in [0.2, 0.25) is 0 Å². The molecule has 4 rings (SSSR count). The van der Waals surface area contributed by atoms with Crippen LogP contribution in [0.25, 0.3) is 5.65 Å². The van der Waals surface area contributed by atoms with Gasteiger partial charge in [0.05, 0.1) is 11.8 Å². The summed E-state index contributed by atoms with van der Waals surface area (Å²) in [6.45, 7) is 4.35. The zero-order valence-corrected chi connectivity index (χ0v) is 14.1. The van der Waals surface area contributed by atoms with E-state index in [-0.39, 0.29) is 5.91 Å². The number of nitrogens with one attached hydrogen (secondary N) is 1. The Kier molecular flexibility index (Phi) is 4.05. The second-order valence-electron chi connectivity index (χ2n) is 6.49. The standard InChI is InChI=1S/C18H20N6O/c1-13-6-9-23(10-7-13)17-5-4-16-20-15(12-24(16)22-17)21-18(25)14-3-2-8-19-11-14/h2-5,8,11-13H,6-7,9-10H2,1H3,(H,21,25). The molecule has 1 aliphatic rings. The number of nitrogens with zero attached hydrogens (tertiary/aromatic N) is 5. The van der Waals surface area contributed by atoms with Crippen LogP contribution in [0.3, 0.4) is 0 Å². The summed E-state index contributed by atoms with van der Waals surface area (Å²) in [5.74, 6) is 1.97. The van der Waals surface area contributed by atoms with E-state index in [4.69, 9.17) is 0 Å². The molecule has 0 atom stereocenters. The van der Waals surface area contributed by atoms with Gasteiger partial charge in [-0.05, 0) is 43.0 Å². The van der Waals surface area contributed by atoms with Gasteiger partial charge in [-0.3, -0.25) is 9.78 Å². The third-order valence-electron chi connectivity index (χ3n) is 4.58. The van der Waals surface area contributed by atoms with Gasteiger partial charge in [-0.1, -0.05) is 6.92 Å². The summed E-state index contributed by atoms with van der Waals surface area (Å²) in [6.07, 6.45) is 7.28. The number of hydrogen-bond acceptors (Lipinski definition) is 5. The topological polar surface area (TPSA) is 75.4 Å². The van der Waals surface area contributed by atoms with Crippen molar-refractivity contribution in [3.8, 4) is 0 Å².